The first kappa shape index (κ1) is 25.5. The second-order valence-corrected chi connectivity index (χ2v) is 9.75. The lowest BCUT2D eigenvalue weighted by molar-refractivity contribution is -0.120. The van der Waals surface area contributed by atoms with Crippen LogP contribution in [0.15, 0.2) is 78.0 Å². The van der Waals surface area contributed by atoms with Gasteiger partial charge in [-0.2, -0.15) is 0 Å². The van der Waals surface area contributed by atoms with E-state index in [0.29, 0.717) is 34.8 Å². The Hall–Kier alpha value is -4.10. The number of Topliss-reactive ketones (excluding diaryl/α,β-unsaturated/α-hetero) is 1. The number of amides is 1. The number of hydrogen-bond donors (Lipinski definition) is 1. The Labute approximate surface area is 225 Å². The van der Waals surface area contributed by atoms with Gasteiger partial charge in [-0.05, 0) is 42.2 Å². The molecular weight excluding hydrogens is 506 g/mol. The number of carbonyl (C=O) groups is 3. The molecule has 0 saturated carbocycles. The van der Waals surface area contributed by atoms with Crippen LogP contribution in [0.25, 0.3) is 0 Å². The second-order valence-electron chi connectivity index (χ2n) is 9.34. The third-order valence-electron chi connectivity index (χ3n) is 7.24. The minimum Gasteiger partial charge on any atom is -0.493 e. The Balaban J connectivity index is 1.73. The molecule has 0 aromatic heterocycles. The highest BCUT2D eigenvalue weighted by atomic mass is 35.5. The van der Waals surface area contributed by atoms with E-state index in [1.807, 2.05) is 36.4 Å². The molecule has 1 heterocycles. The van der Waals surface area contributed by atoms with Gasteiger partial charge in [-0.1, -0.05) is 54.1 Å². The van der Waals surface area contributed by atoms with Crippen molar-refractivity contribution in [2.45, 2.75) is 31.1 Å². The number of methoxy groups -OCH3 is 2. The van der Waals surface area contributed by atoms with Gasteiger partial charge in [0.2, 0.25) is 5.91 Å². The van der Waals surface area contributed by atoms with E-state index in [9.17, 15) is 19.5 Å². The van der Waals surface area contributed by atoms with Crippen molar-refractivity contribution in [1.29, 1.82) is 0 Å². The molecule has 0 fully saturated rings. The van der Waals surface area contributed by atoms with Gasteiger partial charge in [-0.3, -0.25) is 14.5 Å². The van der Waals surface area contributed by atoms with E-state index in [1.54, 1.807) is 12.1 Å². The number of carbonyl (C=O) groups excluding carboxylic acids is 2. The van der Waals surface area contributed by atoms with Gasteiger partial charge >= 0.3 is 5.97 Å². The molecule has 2 atom stereocenters. The Morgan fingerprint density at radius 1 is 0.947 bits per heavy atom. The van der Waals surface area contributed by atoms with Crippen LogP contribution in [-0.2, 0) is 9.59 Å². The Kier molecular flexibility index (Phi) is 6.95. The van der Waals surface area contributed by atoms with E-state index in [-0.39, 0.29) is 46.7 Å². The minimum atomic E-state index is -1.14. The molecule has 38 heavy (non-hydrogen) atoms. The first-order chi connectivity index (χ1) is 18.3. The van der Waals surface area contributed by atoms with Crippen LogP contribution in [0.2, 0.25) is 5.02 Å². The first-order valence-electron chi connectivity index (χ1n) is 12.2. The fraction of sp³-hybridized carbons (Fsp3) is 0.233. The summed E-state index contributed by atoms with van der Waals surface area (Å²) in [6.07, 6.45) is 0.682. The van der Waals surface area contributed by atoms with Gasteiger partial charge in [0.25, 0.3) is 0 Å². The highest BCUT2D eigenvalue weighted by Crippen LogP contribution is 2.50. The topological polar surface area (TPSA) is 93.1 Å². The number of aromatic carboxylic acids is 1. The molecule has 3 aromatic carbocycles. The predicted molar refractivity (Wildman–Crippen MR) is 143 cm³/mol. The third kappa shape index (κ3) is 4.43. The van der Waals surface area contributed by atoms with Crippen LogP contribution in [0, 0.1) is 0 Å². The number of carboxylic acids is 1. The molecule has 2 aliphatic rings. The number of halogens is 1. The van der Waals surface area contributed by atoms with Crippen LogP contribution in [0.3, 0.4) is 0 Å². The summed E-state index contributed by atoms with van der Waals surface area (Å²) in [4.78, 5) is 40.9. The van der Waals surface area contributed by atoms with Crippen molar-refractivity contribution < 1.29 is 29.0 Å². The zero-order chi connectivity index (χ0) is 27.0. The summed E-state index contributed by atoms with van der Waals surface area (Å²) in [6, 6.07) is 19.3. The third-order valence-corrected chi connectivity index (χ3v) is 7.56. The van der Waals surface area contributed by atoms with Crippen LogP contribution in [-0.4, -0.2) is 37.0 Å². The molecule has 0 spiro atoms. The maximum absolute atomic E-state index is 13.9. The number of nitrogens with zero attached hydrogens (tertiary/aromatic N) is 1. The van der Waals surface area contributed by atoms with Gasteiger partial charge in [0.15, 0.2) is 17.3 Å². The lowest BCUT2D eigenvalue weighted by atomic mass is 9.72. The molecule has 1 amide bonds. The van der Waals surface area contributed by atoms with E-state index < -0.39 is 11.9 Å². The van der Waals surface area contributed by atoms with Crippen LogP contribution in [0.5, 0.6) is 11.5 Å². The van der Waals surface area contributed by atoms with Gasteiger partial charge in [0.1, 0.15) is 0 Å². The smallest absolute Gasteiger partial charge is 0.335 e. The Morgan fingerprint density at radius 3 is 2.39 bits per heavy atom. The number of ether oxygens (including phenoxy) is 2. The molecule has 194 valence electrons. The summed E-state index contributed by atoms with van der Waals surface area (Å²) in [5.74, 6) is -1.22. The summed E-state index contributed by atoms with van der Waals surface area (Å²) < 4.78 is 11.1. The summed E-state index contributed by atoms with van der Waals surface area (Å²) in [5.41, 5.74) is 2.97. The van der Waals surface area contributed by atoms with Gasteiger partial charge in [-0.25, -0.2) is 4.79 Å². The summed E-state index contributed by atoms with van der Waals surface area (Å²) in [5, 5.41) is 9.81. The normalized spacial score (nSPS) is 19.3. The number of anilines is 1. The molecule has 7 nitrogen and oxygen atoms in total. The van der Waals surface area contributed by atoms with E-state index >= 15 is 0 Å². The van der Waals surface area contributed by atoms with Crippen LogP contribution in [0.1, 0.15) is 52.6 Å². The first-order valence-corrected chi connectivity index (χ1v) is 12.6. The average Bonchev–Trinajstić information content (AvgIpc) is 2.92. The molecule has 0 bridgehead atoms. The van der Waals surface area contributed by atoms with Crippen molar-refractivity contribution in [3.05, 3.63) is 99.7 Å². The molecule has 1 aliphatic heterocycles. The molecule has 2 unspecified atom stereocenters. The van der Waals surface area contributed by atoms with Gasteiger partial charge in [-0.15, -0.1) is 0 Å². The van der Waals surface area contributed by atoms with Gasteiger partial charge in [0, 0.05) is 35.6 Å². The van der Waals surface area contributed by atoms with Crippen molar-refractivity contribution in [2.24, 2.45) is 0 Å². The molecule has 3 aromatic rings. The number of para-hydroxylation sites is 1. The van der Waals surface area contributed by atoms with Crippen LogP contribution < -0.4 is 14.4 Å². The maximum Gasteiger partial charge on any atom is 0.335 e. The summed E-state index contributed by atoms with van der Waals surface area (Å²) >= 11 is 6.53. The predicted octanol–water partition coefficient (Wildman–Crippen LogP) is 5.98. The highest BCUT2D eigenvalue weighted by molar-refractivity contribution is 6.34. The van der Waals surface area contributed by atoms with E-state index in [2.05, 4.69) is 0 Å². The number of ketones is 1. The Bertz CT molecular complexity index is 1460. The van der Waals surface area contributed by atoms with Crippen LogP contribution in [0.4, 0.5) is 5.69 Å². The number of benzene rings is 3. The lowest BCUT2D eigenvalue weighted by Gasteiger charge is -2.41. The van der Waals surface area contributed by atoms with Crippen molar-refractivity contribution >= 4 is 34.9 Å². The standard InChI is InChI=1S/C30H26ClNO6/c1-37-26-10-6-9-20(29(26)38-2)21-16-27(34)32(23-13-18(30(35)36)11-12-22(23)31)24-14-19(15-25(33)28(21)24)17-7-4-3-5-8-17/h3-13,19,21H,14-16H2,1-2H3,(H,35,36). The summed E-state index contributed by atoms with van der Waals surface area (Å²) in [6.45, 7) is 0. The zero-order valence-corrected chi connectivity index (χ0v) is 21.7. The van der Waals surface area contributed by atoms with Crippen molar-refractivity contribution in [3.8, 4) is 11.5 Å². The maximum atomic E-state index is 13.9. The fourth-order valence-electron chi connectivity index (χ4n) is 5.55. The molecule has 5 rings (SSSR count). The Morgan fingerprint density at radius 2 is 1.71 bits per heavy atom. The van der Waals surface area contributed by atoms with E-state index in [1.165, 1.54) is 37.3 Å². The highest BCUT2D eigenvalue weighted by Gasteiger charge is 2.44. The molecule has 0 radical (unpaired) electrons. The lowest BCUT2D eigenvalue weighted by Crippen LogP contribution is -2.42. The number of allylic oxidation sites excluding steroid dienone is 2. The average molecular weight is 532 g/mol. The monoisotopic (exact) mass is 531 g/mol. The van der Waals surface area contributed by atoms with E-state index in [0.717, 1.165) is 5.56 Å². The SMILES string of the molecule is COc1cccc(C2CC(=O)N(c3cc(C(=O)O)ccc3Cl)C3=C2C(=O)CC(c2ccccc2)C3)c1OC. The number of hydrogen-bond acceptors (Lipinski definition) is 5. The molecule has 8 heteroatoms. The molecule has 1 aliphatic carbocycles. The number of rotatable bonds is 6. The van der Waals surface area contributed by atoms with E-state index in [4.69, 9.17) is 21.1 Å². The minimum absolute atomic E-state index is 0.00214. The van der Waals surface area contributed by atoms with Gasteiger partial charge < -0.3 is 14.6 Å². The van der Waals surface area contributed by atoms with Crippen molar-refractivity contribution in [3.63, 3.8) is 0 Å². The quantitative estimate of drug-likeness (QED) is 0.421. The summed E-state index contributed by atoms with van der Waals surface area (Å²) in [7, 11) is 3.06. The molecule has 0 saturated heterocycles. The van der Waals surface area contributed by atoms with Crippen LogP contribution >= 0.6 is 11.6 Å². The van der Waals surface area contributed by atoms with Gasteiger partial charge in [0.05, 0.1) is 30.5 Å². The molecule has 1 N–H and O–H groups in total. The van der Waals surface area contributed by atoms with Crippen molar-refractivity contribution in [2.75, 3.05) is 19.1 Å². The zero-order valence-electron chi connectivity index (χ0n) is 20.9. The largest absolute Gasteiger partial charge is 0.493 e. The fourth-order valence-corrected chi connectivity index (χ4v) is 5.75. The second kappa shape index (κ2) is 10.3. The van der Waals surface area contributed by atoms with Crippen molar-refractivity contribution in [1.82, 2.24) is 0 Å². The number of carboxylic acid groups (broad SMARTS) is 1. The molecular formula is C30H26ClNO6.